The molecule has 0 aliphatic rings. The quantitative estimate of drug-likeness (QED) is 0.823. The molecule has 2 rings (SSSR count). The van der Waals surface area contributed by atoms with Crippen molar-refractivity contribution in [3.8, 4) is 11.3 Å². The third kappa shape index (κ3) is 1.83. The lowest BCUT2D eigenvalue weighted by molar-refractivity contribution is 1.41. The molecule has 4 heteroatoms. The van der Waals surface area contributed by atoms with E-state index >= 15 is 0 Å². The summed E-state index contributed by atoms with van der Waals surface area (Å²) in [6, 6.07) is 8.17. The third-order valence-electron chi connectivity index (χ3n) is 1.71. The zero-order valence-corrected chi connectivity index (χ0v) is 9.67. The topological polar surface area (TPSA) is 38.9 Å². The van der Waals surface area contributed by atoms with E-state index in [0.29, 0.717) is 0 Å². The van der Waals surface area contributed by atoms with Crippen molar-refractivity contribution in [3.05, 3.63) is 33.3 Å². The summed E-state index contributed by atoms with van der Waals surface area (Å²) in [5, 5.41) is 0.779. The van der Waals surface area contributed by atoms with Gasteiger partial charge in [0.15, 0.2) is 0 Å². The van der Waals surface area contributed by atoms with Gasteiger partial charge in [0.25, 0.3) is 0 Å². The van der Waals surface area contributed by atoms with Gasteiger partial charge < -0.3 is 5.73 Å². The number of nitrogens with two attached hydrogens (primary N) is 1. The highest BCUT2D eigenvalue weighted by molar-refractivity contribution is 14.1. The number of benzene rings is 1. The summed E-state index contributed by atoms with van der Waals surface area (Å²) in [6.45, 7) is 0. The van der Waals surface area contributed by atoms with E-state index in [4.69, 9.17) is 5.73 Å². The average molecular weight is 302 g/mol. The van der Waals surface area contributed by atoms with Gasteiger partial charge in [0.2, 0.25) is 0 Å². The van der Waals surface area contributed by atoms with Crippen molar-refractivity contribution in [1.29, 1.82) is 0 Å². The lowest BCUT2D eigenvalue weighted by Crippen LogP contribution is -1.85. The second-order valence-corrected chi connectivity index (χ2v) is 4.70. The van der Waals surface area contributed by atoms with Gasteiger partial charge in [-0.1, -0.05) is 12.1 Å². The molecule has 0 amide bonds. The van der Waals surface area contributed by atoms with Gasteiger partial charge in [0, 0.05) is 9.13 Å². The number of thiazole rings is 1. The molecule has 0 fully saturated rings. The molecule has 0 aliphatic heterocycles. The Labute approximate surface area is 94.0 Å². The van der Waals surface area contributed by atoms with Crippen molar-refractivity contribution >= 4 is 38.9 Å². The molecule has 0 saturated carbocycles. The Kier molecular flexibility index (Phi) is 2.50. The molecule has 1 aromatic carbocycles. The Morgan fingerprint density at radius 1 is 1.23 bits per heavy atom. The molecule has 2 aromatic rings. The Hall–Kier alpha value is -0.620. The monoisotopic (exact) mass is 302 g/mol. The molecule has 1 heterocycles. The molecule has 0 atom stereocenters. The number of aromatic nitrogens is 1. The van der Waals surface area contributed by atoms with Crippen LogP contribution < -0.4 is 5.73 Å². The second-order valence-electron chi connectivity index (χ2n) is 2.57. The van der Waals surface area contributed by atoms with E-state index < -0.39 is 0 Å². The molecule has 13 heavy (non-hydrogen) atoms. The van der Waals surface area contributed by atoms with Crippen LogP contribution in [0.25, 0.3) is 11.3 Å². The molecule has 66 valence electrons. The molecule has 0 bridgehead atoms. The number of halogens is 1. The Bertz CT molecular complexity index is 408. The lowest BCUT2D eigenvalue weighted by atomic mass is 10.2. The van der Waals surface area contributed by atoms with Crippen LogP contribution in [0.5, 0.6) is 0 Å². The van der Waals surface area contributed by atoms with Crippen LogP contribution in [-0.4, -0.2) is 4.98 Å². The summed E-state index contributed by atoms with van der Waals surface area (Å²) in [6.07, 6.45) is 0. The predicted octanol–water partition coefficient (Wildman–Crippen LogP) is 3.00. The zero-order valence-electron chi connectivity index (χ0n) is 6.70. The van der Waals surface area contributed by atoms with Crippen molar-refractivity contribution < 1.29 is 0 Å². The minimum atomic E-state index is 0.779. The summed E-state index contributed by atoms with van der Waals surface area (Å²) in [7, 11) is 0. The van der Waals surface area contributed by atoms with Crippen LogP contribution in [0.4, 0.5) is 5.00 Å². The van der Waals surface area contributed by atoms with Gasteiger partial charge in [-0.2, -0.15) is 0 Å². The molecule has 0 saturated heterocycles. The molecular weight excluding hydrogens is 295 g/mol. The first-order chi connectivity index (χ1) is 6.27. The number of nitrogen functional groups attached to an aromatic ring is 1. The highest BCUT2D eigenvalue weighted by Crippen LogP contribution is 2.27. The van der Waals surface area contributed by atoms with Gasteiger partial charge in [0.05, 0.1) is 5.51 Å². The van der Waals surface area contributed by atoms with Gasteiger partial charge in [-0.3, -0.25) is 0 Å². The van der Waals surface area contributed by atoms with Gasteiger partial charge in [-0.05, 0) is 34.7 Å². The van der Waals surface area contributed by atoms with Crippen molar-refractivity contribution in [2.75, 3.05) is 5.73 Å². The predicted molar refractivity (Wildman–Crippen MR) is 64.7 cm³/mol. The van der Waals surface area contributed by atoms with E-state index in [1.807, 2.05) is 12.1 Å². The van der Waals surface area contributed by atoms with E-state index in [1.165, 1.54) is 14.9 Å². The minimum absolute atomic E-state index is 0.779. The molecule has 0 unspecified atom stereocenters. The first-order valence-corrected chi connectivity index (χ1v) is 5.68. The van der Waals surface area contributed by atoms with Crippen LogP contribution in [0.1, 0.15) is 0 Å². The molecule has 0 radical (unpaired) electrons. The fourth-order valence-electron chi connectivity index (χ4n) is 1.08. The van der Waals surface area contributed by atoms with Crippen LogP contribution in [0.2, 0.25) is 0 Å². The van der Waals surface area contributed by atoms with Gasteiger partial charge in [0.1, 0.15) is 10.7 Å². The second kappa shape index (κ2) is 3.63. The number of nitrogens with zero attached hydrogens (tertiary/aromatic N) is 1. The van der Waals surface area contributed by atoms with E-state index in [1.54, 1.807) is 5.51 Å². The van der Waals surface area contributed by atoms with Crippen molar-refractivity contribution in [3.63, 3.8) is 0 Å². The minimum Gasteiger partial charge on any atom is -0.389 e. The molecule has 0 aliphatic carbocycles. The number of hydrogen-bond acceptors (Lipinski definition) is 3. The fourth-order valence-corrected chi connectivity index (χ4v) is 1.99. The highest BCUT2D eigenvalue weighted by atomic mass is 127. The van der Waals surface area contributed by atoms with Crippen molar-refractivity contribution in [1.82, 2.24) is 4.98 Å². The smallest absolute Gasteiger partial charge is 0.114 e. The van der Waals surface area contributed by atoms with Crippen LogP contribution in [0, 0.1) is 3.57 Å². The summed E-state index contributed by atoms with van der Waals surface area (Å²) in [4.78, 5) is 4.21. The Morgan fingerprint density at radius 3 is 2.46 bits per heavy atom. The Balaban J connectivity index is 2.47. The highest BCUT2D eigenvalue weighted by Gasteiger charge is 2.04. The summed E-state index contributed by atoms with van der Waals surface area (Å²) < 4.78 is 1.22. The van der Waals surface area contributed by atoms with Gasteiger partial charge >= 0.3 is 0 Å². The molecular formula is C9H7IN2S. The Morgan fingerprint density at radius 2 is 1.92 bits per heavy atom. The first-order valence-electron chi connectivity index (χ1n) is 3.72. The van der Waals surface area contributed by atoms with Crippen LogP contribution in [-0.2, 0) is 0 Å². The average Bonchev–Trinajstić information content (AvgIpc) is 2.53. The van der Waals surface area contributed by atoms with Gasteiger partial charge in [-0.15, -0.1) is 11.3 Å². The van der Waals surface area contributed by atoms with Crippen LogP contribution in [0.15, 0.2) is 29.8 Å². The maximum Gasteiger partial charge on any atom is 0.114 e. The fraction of sp³-hybridized carbons (Fsp3) is 0. The number of anilines is 1. The van der Waals surface area contributed by atoms with Crippen LogP contribution in [0.3, 0.4) is 0 Å². The van der Waals surface area contributed by atoms with Crippen molar-refractivity contribution in [2.24, 2.45) is 0 Å². The number of hydrogen-bond donors (Lipinski definition) is 1. The molecule has 1 aromatic heterocycles. The maximum absolute atomic E-state index is 5.76. The first kappa shape index (κ1) is 8.96. The third-order valence-corrected chi connectivity index (χ3v) is 3.09. The van der Waals surface area contributed by atoms with E-state index in [9.17, 15) is 0 Å². The summed E-state index contributed by atoms with van der Waals surface area (Å²) in [5.74, 6) is 0. The van der Waals surface area contributed by atoms with E-state index in [-0.39, 0.29) is 0 Å². The SMILES string of the molecule is Nc1scnc1-c1ccc(I)cc1. The lowest BCUT2D eigenvalue weighted by Gasteiger charge is -1.97. The maximum atomic E-state index is 5.76. The van der Waals surface area contributed by atoms with E-state index in [2.05, 4.69) is 39.7 Å². The largest absolute Gasteiger partial charge is 0.389 e. The molecule has 2 N–H and O–H groups in total. The van der Waals surface area contributed by atoms with E-state index in [0.717, 1.165) is 16.3 Å². The summed E-state index contributed by atoms with van der Waals surface area (Å²) >= 11 is 3.74. The molecule has 0 spiro atoms. The number of rotatable bonds is 1. The zero-order chi connectivity index (χ0) is 9.26. The summed E-state index contributed by atoms with van der Waals surface area (Å²) in [5.41, 5.74) is 9.50. The van der Waals surface area contributed by atoms with Crippen molar-refractivity contribution in [2.45, 2.75) is 0 Å². The molecule has 2 nitrogen and oxygen atoms in total. The van der Waals surface area contributed by atoms with Gasteiger partial charge in [-0.25, -0.2) is 4.98 Å². The van der Waals surface area contributed by atoms with Crippen LogP contribution >= 0.6 is 33.9 Å². The normalized spacial score (nSPS) is 10.2. The standard InChI is InChI=1S/C9H7IN2S/c10-7-3-1-6(2-4-7)8-9(11)13-5-12-8/h1-5H,11H2.